The fourth-order valence-corrected chi connectivity index (χ4v) is 1.92. The molecule has 0 radical (unpaired) electrons. The molecular formula is C14H13N5. The van der Waals surface area contributed by atoms with E-state index in [0.717, 1.165) is 11.3 Å². The minimum atomic E-state index is 0.463. The number of nitrogens with zero attached hydrogens (tertiary/aromatic N) is 4. The van der Waals surface area contributed by atoms with Gasteiger partial charge in [-0.1, -0.05) is 24.3 Å². The molecule has 0 saturated heterocycles. The maximum absolute atomic E-state index is 5.58. The van der Waals surface area contributed by atoms with E-state index in [1.54, 1.807) is 16.9 Å². The van der Waals surface area contributed by atoms with Gasteiger partial charge in [0.1, 0.15) is 5.82 Å². The average Bonchev–Trinajstić information content (AvgIpc) is 2.86. The third-order valence-electron chi connectivity index (χ3n) is 2.92. The van der Waals surface area contributed by atoms with Crippen LogP contribution < -0.4 is 5.73 Å². The average molecular weight is 251 g/mol. The maximum Gasteiger partial charge on any atom is 0.175 e. The van der Waals surface area contributed by atoms with Crippen molar-refractivity contribution in [3.8, 4) is 17.1 Å². The first-order chi connectivity index (χ1) is 9.24. The molecule has 2 heterocycles. The summed E-state index contributed by atoms with van der Waals surface area (Å²) in [5, 5.41) is 12.5. The van der Waals surface area contributed by atoms with Crippen LogP contribution in [-0.4, -0.2) is 20.0 Å². The van der Waals surface area contributed by atoms with Crippen molar-refractivity contribution in [2.45, 2.75) is 6.92 Å². The van der Waals surface area contributed by atoms with E-state index in [0.29, 0.717) is 11.6 Å². The van der Waals surface area contributed by atoms with Gasteiger partial charge in [-0.2, -0.15) is 0 Å². The van der Waals surface area contributed by atoms with Crippen LogP contribution in [0.4, 0.5) is 5.82 Å². The van der Waals surface area contributed by atoms with Crippen LogP contribution in [0.2, 0.25) is 0 Å². The Morgan fingerprint density at radius 1 is 1.00 bits per heavy atom. The van der Waals surface area contributed by atoms with Gasteiger partial charge in [0, 0.05) is 17.8 Å². The summed E-state index contributed by atoms with van der Waals surface area (Å²) in [5.74, 6) is 1.11. The van der Waals surface area contributed by atoms with Gasteiger partial charge in [0.2, 0.25) is 0 Å². The number of nitrogens with two attached hydrogens (primary N) is 1. The van der Waals surface area contributed by atoms with Crippen LogP contribution in [0.3, 0.4) is 0 Å². The van der Waals surface area contributed by atoms with Crippen molar-refractivity contribution < 1.29 is 0 Å². The van der Waals surface area contributed by atoms with Crippen LogP contribution in [0, 0.1) is 6.92 Å². The van der Waals surface area contributed by atoms with Gasteiger partial charge in [-0.05, 0) is 24.6 Å². The zero-order valence-electron chi connectivity index (χ0n) is 10.5. The fourth-order valence-electron chi connectivity index (χ4n) is 1.92. The van der Waals surface area contributed by atoms with Crippen LogP contribution in [0.1, 0.15) is 5.56 Å². The minimum absolute atomic E-state index is 0.463. The van der Waals surface area contributed by atoms with E-state index in [1.807, 2.05) is 30.3 Å². The van der Waals surface area contributed by atoms with E-state index in [-0.39, 0.29) is 0 Å². The second-order valence-corrected chi connectivity index (χ2v) is 4.28. The molecule has 2 N–H and O–H groups in total. The lowest BCUT2D eigenvalue weighted by Crippen LogP contribution is -2.01. The quantitative estimate of drug-likeness (QED) is 0.758. The predicted octanol–water partition coefficient (Wildman–Crippen LogP) is 2.22. The molecule has 3 aromatic rings. The van der Waals surface area contributed by atoms with Crippen molar-refractivity contribution in [2.75, 3.05) is 5.73 Å². The van der Waals surface area contributed by atoms with Crippen LogP contribution in [0.5, 0.6) is 0 Å². The molecule has 19 heavy (non-hydrogen) atoms. The summed E-state index contributed by atoms with van der Waals surface area (Å²) in [5.41, 5.74) is 8.68. The first kappa shape index (κ1) is 11.4. The molecule has 0 atom stereocenters. The maximum atomic E-state index is 5.58. The molecule has 0 amide bonds. The first-order valence-electron chi connectivity index (χ1n) is 5.95. The third-order valence-corrected chi connectivity index (χ3v) is 2.92. The lowest BCUT2D eigenvalue weighted by atomic mass is 10.1. The van der Waals surface area contributed by atoms with E-state index < -0.39 is 0 Å². The van der Waals surface area contributed by atoms with E-state index >= 15 is 0 Å². The van der Waals surface area contributed by atoms with Gasteiger partial charge < -0.3 is 5.73 Å². The second-order valence-electron chi connectivity index (χ2n) is 4.28. The molecule has 0 aliphatic rings. The highest BCUT2D eigenvalue weighted by Crippen LogP contribution is 2.20. The summed E-state index contributed by atoms with van der Waals surface area (Å²) >= 11 is 0. The number of hydrogen-bond acceptors (Lipinski definition) is 4. The van der Waals surface area contributed by atoms with Gasteiger partial charge >= 0.3 is 0 Å². The van der Waals surface area contributed by atoms with E-state index in [9.17, 15) is 0 Å². The van der Waals surface area contributed by atoms with Crippen LogP contribution in [-0.2, 0) is 0 Å². The van der Waals surface area contributed by atoms with Gasteiger partial charge in [-0.3, -0.25) is 0 Å². The lowest BCUT2D eigenvalue weighted by molar-refractivity contribution is 0.819. The topological polar surface area (TPSA) is 69.6 Å². The number of rotatable bonds is 2. The van der Waals surface area contributed by atoms with Gasteiger partial charge in [0.15, 0.2) is 5.82 Å². The molecule has 0 saturated carbocycles. The number of aromatic nitrogens is 4. The van der Waals surface area contributed by atoms with Crippen LogP contribution in [0.25, 0.3) is 17.1 Å². The molecule has 0 aliphatic carbocycles. The summed E-state index contributed by atoms with van der Waals surface area (Å²) in [6, 6.07) is 13.6. The molecular weight excluding hydrogens is 238 g/mol. The van der Waals surface area contributed by atoms with E-state index in [2.05, 4.69) is 28.3 Å². The van der Waals surface area contributed by atoms with Crippen molar-refractivity contribution in [2.24, 2.45) is 0 Å². The largest absolute Gasteiger partial charge is 0.382 e. The molecule has 3 rings (SSSR count). The monoisotopic (exact) mass is 251 g/mol. The van der Waals surface area contributed by atoms with E-state index in [4.69, 9.17) is 5.73 Å². The van der Waals surface area contributed by atoms with Gasteiger partial charge in [-0.25, -0.2) is 4.68 Å². The Morgan fingerprint density at radius 3 is 2.47 bits per heavy atom. The predicted molar refractivity (Wildman–Crippen MR) is 73.7 cm³/mol. The Hall–Kier alpha value is -2.69. The zero-order chi connectivity index (χ0) is 13.2. The first-order valence-corrected chi connectivity index (χ1v) is 5.95. The lowest BCUT2D eigenvalue weighted by Gasteiger charge is -2.05. The van der Waals surface area contributed by atoms with Gasteiger partial charge in [-0.15, -0.1) is 15.3 Å². The van der Waals surface area contributed by atoms with Gasteiger partial charge in [0.25, 0.3) is 0 Å². The van der Waals surface area contributed by atoms with Crippen molar-refractivity contribution in [3.63, 3.8) is 0 Å². The molecule has 0 spiro atoms. The molecule has 5 heteroatoms. The smallest absolute Gasteiger partial charge is 0.175 e. The number of nitrogen functional groups attached to an aromatic ring is 1. The summed E-state index contributed by atoms with van der Waals surface area (Å²) in [6.45, 7) is 2.05. The fraction of sp³-hybridized carbons (Fsp3) is 0.0714. The molecule has 5 nitrogen and oxygen atoms in total. The van der Waals surface area contributed by atoms with Crippen molar-refractivity contribution in [3.05, 3.63) is 54.2 Å². The third kappa shape index (κ3) is 2.18. The van der Waals surface area contributed by atoms with Crippen LogP contribution >= 0.6 is 0 Å². The Morgan fingerprint density at radius 2 is 1.84 bits per heavy atom. The summed E-state index contributed by atoms with van der Waals surface area (Å²) in [7, 11) is 0. The SMILES string of the molecule is Cc1ccccc1-c1ccc(-n2ccc(N)n2)nn1. The Balaban J connectivity index is 1.97. The number of anilines is 1. The molecule has 0 unspecified atom stereocenters. The molecule has 1 aromatic carbocycles. The van der Waals surface area contributed by atoms with Crippen molar-refractivity contribution in [1.29, 1.82) is 0 Å². The highest BCUT2D eigenvalue weighted by atomic mass is 15.3. The number of benzene rings is 1. The van der Waals surface area contributed by atoms with Crippen molar-refractivity contribution in [1.82, 2.24) is 20.0 Å². The van der Waals surface area contributed by atoms with Crippen LogP contribution in [0.15, 0.2) is 48.7 Å². The Bertz CT molecular complexity index is 700. The molecule has 94 valence electrons. The molecule has 0 aliphatic heterocycles. The number of aryl methyl sites for hydroxylation is 1. The second kappa shape index (κ2) is 4.53. The highest BCUT2D eigenvalue weighted by Gasteiger charge is 2.05. The Labute approximate surface area is 110 Å². The summed E-state index contributed by atoms with van der Waals surface area (Å²) in [4.78, 5) is 0. The Kier molecular flexibility index (Phi) is 2.72. The highest BCUT2D eigenvalue weighted by molar-refractivity contribution is 5.62. The normalized spacial score (nSPS) is 10.6. The molecule has 0 bridgehead atoms. The molecule has 0 fully saturated rings. The van der Waals surface area contributed by atoms with E-state index in [1.165, 1.54) is 5.56 Å². The van der Waals surface area contributed by atoms with Crippen molar-refractivity contribution >= 4 is 5.82 Å². The summed E-state index contributed by atoms with van der Waals surface area (Å²) < 4.78 is 1.60. The zero-order valence-corrected chi connectivity index (χ0v) is 10.5. The molecule has 2 aromatic heterocycles. The summed E-state index contributed by atoms with van der Waals surface area (Å²) in [6.07, 6.45) is 1.76. The minimum Gasteiger partial charge on any atom is -0.382 e. The standard InChI is InChI=1S/C14H13N5/c1-10-4-2-3-5-11(10)12-6-7-14(17-16-12)19-9-8-13(15)18-19/h2-9H,1H3,(H2,15,18). The number of hydrogen-bond donors (Lipinski definition) is 1. The van der Waals surface area contributed by atoms with Gasteiger partial charge in [0.05, 0.1) is 5.69 Å².